The summed E-state index contributed by atoms with van der Waals surface area (Å²) >= 11 is 0. The number of rotatable bonds is 3. The molecule has 1 N–H and O–H groups in total. The first-order chi connectivity index (χ1) is 8.18. The second-order valence-electron chi connectivity index (χ2n) is 5.30. The normalized spacial score (nSPS) is 23.2. The van der Waals surface area contributed by atoms with Crippen LogP contribution in [-0.4, -0.2) is 6.54 Å². The molecule has 17 heavy (non-hydrogen) atoms. The molecule has 2 nitrogen and oxygen atoms in total. The van der Waals surface area contributed by atoms with Crippen molar-refractivity contribution >= 4 is 0 Å². The highest BCUT2D eigenvalue weighted by molar-refractivity contribution is 5.40. The minimum Gasteiger partial charge on any atom is -0.295 e. The zero-order valence-electron chi connectivity index (χ0n) is 10.7. The lowest BCUT2D eigenvalue weighted by molar-refractivity contribution is 0.346. The van der Waals surface area contributed by atoms with Crippen molar-refractivity contribution in [3.05, 3.63) is 35.4 Å². The molecule has 0 spiro atoms. The molecule has 1 atom stereocenters. The first-order valence-electron chi connectivity index (χ1n) is 6.42. The molecule has 0 saturated heterocycles. The van der Waals surface area contributed by atoms with Gasteiger partial charge in [0.25, 0.3) is 0 Å². The van der Waals surface area contributed by atoms with Gasteiger partial charge in [0.05, 0.1) is 6.07 Å². The van der Waals surface area contributed by atoms with Crippen molar-refractivity contribution in [2.45, 2.75) is 38.6 Å². The molecule has 0 amide bonds. The monoisotopic (exact) mass is 228 g/mol. The van der Waals surface area contributed by atoms with Crippen molar-refractivity contribution in [3.63, 3.8) is 0 Å². The molecule has 0 radical (unpaired) electrons. The Morgan fingerprint density at radius 1 is 1.41 bits per heavy atom. The van der Waals surface area contributed by atoms with E-state index in [0.717, 1.165) is 25.8 Å². The molecule has 2 heteroatoms. The number of aryl methyl sites for hydroxylation is 1. The largest absolute Gasteiger partial charge is 0.295 e. The fraction of sp³-hybridized carbons (Fsp3) is 0.533. The molecule has 1 aromatic carbocycles. The molecule has 0 saturated carbocycles. The van der Waals surface area contributed by atoms with E-state index in [1.807, 2.05) is 6.07 Å². The number of benzene rings is 1. The molecular weight excluding hydrogens is 208 g/mol. The molecule has 0 bridgehead atoms. The molecule has 1 aliphatic carbocycles. The summed E-state index contributed by atoms with van der Waals surface area (Å²) in [5.74, 6) is 0.564. The molecular formula is C15H20N2. The summed E-state index contributed by atoms with van der Waals surface area (Å²) in [4.78, 5) is 0. The number of nitriles is 1. The van der Waals surface area contributed by atoms with Gasteiger partial charge in [0.2, 0.25) is 0 Å². The van der Waals surface area contributed by atoms with Crippen LogP contribution < -0.4 is 5.32 Å². The smallest absolute Gasteiger partial charge is 0.132 e. The number of fused-ring (bicyclic) bond motifs is 1. The van der Waals surface area contributed by atoms with Gasteiger partial charge in [-0.05, 0) is 42.9 Å². The Balaban J connectivity index is 2.33. The van der Waals surface area contributed by atoms with Gasteiger partial charge in [-0.25, -0.2) is 0 Å². The Hall–Kier alpha value is -1.33. The predicted molar refractivity (Wildman–Crippen MR) is 69.5 cm³/mol. The fourth-order valence-electron chi connectivity index (χ4n) is 2.55. The maximum Gasteiger partial charge on any atom is 0.132 e. The SMILES string of the molecule is CC(C)CNC1(C#N)CCCc2ccccc21. The van der Waals surface area contributed by atoms with Gasteiger partial charge < -0.3 is 0 Å². The highest BCUT2D eigenvalue weighted by Crippen LogP contribution is 2.34. The van der Waals surface area contributed by atoms with Gasteiger partial charge in [0, 0.05) is 0 Å². The summed E-state index contributed by atoms with van der Waals surface area (Å²) < 4.78 is 0. The summed E-state index contributed by atoms with van der Waals surface area (Å²) in [7, 11) is 0. The molecule has 0 fully saturated rings. The van der Waals surface area contributed by atoms with Crippen LogP contribution in [-0.2, 0) is 12.0 Å². The van der Waals surface area contributed by atoms with Gasteiger partial charge in [-0.2, -0.15) is 5.26 Å². The molecule has 90 valence electrons. The zero-order chi connectivity index (χ0) is 12.3. The maximum atomic E-state index is 9.59. The minimum atomic E-state index is -0.459. The van der Waals surface area contributed by atoms with Crippen LogP contribution in [0.5, 0.6) is 0 Å². The maximum absolute atomic E-state index is 9.59. The zero-order valence-corrected chi connectivity index (χ0v) is 10.7. The van der Waals surface area contributed by atoms with Crippen molar-refractivity contribution in [1.29, 1.82) is 5.26 Å². The summed E-state index contributed by atoms with van der Waals surface area (Å²) in [6, 6.07) is 10.9. The van der Waals surface area contributed by atoms with Crippen molar-refractivity contribution < 1.29 is 0 Å². The summed E-state index contributed by atoms with van der Waals surface area (Å²) in [5.41, 5.74) is 2.06. The van der Waals surface area contributed by atoms with Crippen LogP contribution in [0.1, 0.15) is 37.8 Å². The molecule has 0 aromatic heterocycles. The first kappa shape index (κ1) is 12.1. The third-order valence-corrected chi connectivity index (χ3v) is 3.48. The van der Waals surface area contributed by atoms with Crippen LogP contribution in [0.15, 0.2) is 24.3 Å². The number of nitrogens with zero attached hydrogens (tertiary/aromatic N) is 1. The second kappa shape index (κ2) is 4.89. The number of nitrogens with one attached hydrogen (secondary N) is 1. The van der Waals surface area contributed by atoms with Crippen LogP contribution >= 0.6 is 0 Å². The van der Waals surface area contributed by atoms with Crippen LogP contribution in [0.2, 0.25) is 0 Å². The summed E-state index contributed by atoms with van der Waals surface area (Å²) in [6.45, 7) is 5.24. The van der Waals surface area contributed by atoms with Crippen molar-refractivity contribution in [2.24, 2.45) is 5.92 Å². The van der Waals surface area contributed by atoms with E-state index < -0.39 is 5.54 Å². The van der Waals surface area contributed by atoms with Gasteiger partial charge in [0.15, 0.2) is 0 Å². The van der Waals surface area contributed by atoms with Crippen LogP contribution in [0.25, 0.3) is 0 Å². The topological polar surface area (TPSA) is 35.8 Å². The highest BCUT2D eigenvalue weighted by Gasteiger charge is 2.36. The molecule has 1 aromatic rings. The predicted octanol–water partition coefficient (Wildman–Crippen LogP) is 2.99. The van der Waals surface area contributed by atoms with Crippen LogP contribution in [0.4, 0.5) is 0 Å². The Bertz CT molecular complexity index is 431. The van der Waals surface area contributed by atoms with Crippen molar-refractivity contribution in [3.8, 4) is 6.07 Å². The van der Waals surface area contributed by atoms with E-state index in [9.17, 15) is 5.26 Å². The van der Waals surface area contributed by atoms with E-state index >= 15 is 0 Å². The Kier molecular flexibility index (Phi) is 3.49. The Morgan fingerprint density at radius 3 is 2.88 bits per heavy atom. The van der Waals surface area contributed by atoms with E-state index in [-0.39, 0.29) is 0 Å². The molecule has 0 heterocycles. The fourth-order valence-corrected chi connectivity index (χ4v) is 2.55. The Labute approximate surface area is 104 Å². The van der Waals surface area contributed by atoms with Gasteiger partial charge in [-0.3, -0.25) is 5.32 Å². The van der Waals surface area contributed by atoms with E-state index in [1.165, 1.54) is 11.1 Å². The summed E-state index contributed by atoms with van der Waals surface area (Å²) in [6.07, 6.45) is 3.12. The van der Waals surface area contributed by atoms with E-state index in [1.54, 1.807) is 0 Å². The van der Waals surface area contributed by atoms with E-state index in [2.05, 4.69) is 43.4 Å². The lowest BCUT2D eigenvalue weighted by Crippen LogP contribution is -2.45. The lowest BCUT2D eigenvalue weighted by Gasteiger charge is -2.34. The third kappa shape index (κ3) is 2.35. The minimum absolute atomic E-state index is 0.459. The van der Waals surface area contributed by atoms with Crippen LogP contribution in [0.3, 0.4) is 0 Å². The van der Waals surface area contributed by atoms with E-state index in [4.69, 9.17) is 0 Å². The number of hydrogen-bond acceptors (Lipinski definition) is 2. The number of hydrogen-bond donors (Lipinski definition) is 1. The molecule has 1 unspecified atom stereocenters. The van der Waals surface area contributed by atoms with Crippen molar-refractivity contribution in [1.82, 2.24) is 5.32 Å². The molecule has 1 aliphatic rings. The van der Waals surface area contributed by atoms with Gasteiger partial charge in [0.1, 0.15) is 5.54 Å². The Morgan fingerprint density at radius 2 is 2.18 bits per heavy atom. The average molecular weight is 228 g/mol. The van der Waals surface area contributed by atoms with Crippen molar-refractivity contribution in [2.75, 3.05) is 6.54 Å². The molecule has 2 rings (SSSR count). The standard InChI is InChI=1S/C15H20N2/c1-12(2)10-17-15(11-16)9-5-7-13-6-3-4-8-14(13)15/h3-4,6,8,12,17H,5,7,9-10H2,1-2H3. The van der Waals surface area contributed by atoms with Gasteiger partial charge in [-0.1, -0.05) is 38.1 Å². The first-order valence-corrected chi connectivity index (χ1v) is 6.42. The van der Waals surface area contributed by atoms with Gasteiger partial charge in [-0.15, -0.1) is 0 Å². The average Bonchev–Trinajstić information content (AvgIpc) is 2.36. The highest BCUT2D eigenvalue weighted by atomic mass is 15.0. The van der Waals surface area contributed by atoms with Crippen LogP contribution in [0, 0.1) is 17.2 Å². The van der Waals surface area contributed by atoms with Gasteiger partial charge >= 0.3 is 0 Å². The lowest BCUT2D eigenvalue weighted by atomic mass is 9.77. The molecule has 0 aliphatic heterocycles. The summed E-state index contributed by atoms with van der Waals surface area (Å²) in [5, 5.41) is 13.1. The second-order valence-corrected chi connectivity index (χ2v) is 5.30. The quantitative estimate of drug-likeness (QED) is 0.863. The third-order valence-electron chi connectivity index (χ3n) is 3.48. The van der Waals surface area contributed by atoms with E-state index in [0.29, 0.717) is 5.92 Å².